The molecule has 0 saturated carbocycles. The van der Waals surface area contributed by atoms with Crippen LogP contribution in [0.5, 0.6) is 0 Å². The van der Waals surface area contributed by atoms with Gasteiger partial charge in [-0.2, -0.15) is 0 Å². The van der Waals surface area contributed by atoms with E-state index in [4.69, 9.17) is 12.8 Å². The van der Waals surface area contributed by atoms with Crippen LogP contribution >= 0.6 is 15.9 Å². The van der Waals surface area contributed by atoms with Gasteiger partial charge in [-0.05, 0) is 36.4 Å². The maximum Gasteiger partial charge on any atom is 0.128 e. The van der Waals surface area contributed by atoms with Gasteiger partial charge in [0.25, 0.3) is 0 Å². The summed E-state index contributed by atoms with van der Waals surface area (Å²) in [4.78, 5) is 4.10. The fourth-order valence-electron chi connectivity index (χ4n) is 1.63. The predicted octanol–water partition coefficient (Wildman–Crippen LogP) is 5.75. The lowest BCUT2D eigenvalue weighted by atomic mass is 10.2. The third kappa shape index (κ3) is 12.0. The molecule has 0 radical (unpaired) electrons. The molecule has 144 valence electrons. The van der Waals surface area contributed by atoms with Gasteiger partial charge in [0, 0.05) is 49.6 Å². The molecular weight excluding hydrogens is 412 g/mol. The summed E-state index contributed by atoms with van der Waals surface area (Å²) in [6, 6.07) is 16.1. The molecular formula is C23H31BrN2Si. The summed E-state index contributed by atoms with van der Waals surface area (Å²) in [5.41, 5.74) is 6.03. The fourth-order valence-corrected chi connectivity index (χ4v) is 2.02. The second-order valence-electron chi connectivity index (χ2n) is 7.36. The van der Waals surface area contributed by atoms with E-state index in [1.54, 1.807) is 0 Å². The number of nitrogens with zero attached hydrogens (tertiary/aromatic N) is 2. The van der Waals surface area contributed by atoms with Gasteiger partial charge in [0.1, 0.15) is 8.07 Å². The number of halogens is 1. The highest BCUT2D eigenvalue weighted by Gasteiger charge is 2.05. The first kappa shape index (κ1) is 24.9. The van der Waals surface area contributed by atoms with Gasteiger partial charge in [-0.25, -0.2) is 0 Å². The van der Waals surface area contributed by atoms with Gasteiger partial charge in [0.15, 0.2) is 0 Å². The Kier molecular flexibility index (Phi) is 11.3. The Labute approximate surface area is 175 Å². The van der Waals surface area contributed by atoms with Gasteiger partial charge in [-0.1, -0.05) is 53.6 Å². The third-order valence-corrected chi connectivity index (χ3v) is 4.65. The molecule has 4 heteroatoms. The maximum absolute atomic E-state index is 5.25. The van der Waals surface area contributed by atoms with Crippen LogP contribution in [0.4, 0.5) is 11.4 Å². The van der Waals surface area contributed by atoms with E-state index in [9.17, 15) is 0 Å². The average molecular weight is 444 g/mol. The van der Waals surface area contributed by atoms with Crippen molar-refractivity contribution in [1.82, 2.24) is 0 Å². The Morgan fingerprint density at radius 2 is 1.26 bits per heavy atom. The summed E-state index contributed by atoms with van der Waals surface area (Å²) < 4.78 is 1.12. The average Bonchev–Trinajstić information content (AvgIpc) is 2.62. The van der Waals surface area contributed by atoms with E-state index in [2.05, 4.69) is 64.1 Å². The molecule has 2 rings (SSSR count). The summed E-state index contributed by atoms with van der Waals surface area (Å²) >= 11 is 3.40. The minimum absolute atomic E-state index is 0.927. The van der Waals surface area contributed by atoms with Gasteiger partial charge in [0.2, 0.25) is 0 Å². The lowest BCUT2D eigenvalue weighted by Crippen LogP contribution is -2.15. The van der Waals surface area contributed by atoms with E-state index < -0.39 is 8.07 Å². The van der Waals surface area contributed by atoms with Crippen molar-refractivity contribution in [3.63, 3.8) is 0 Å². The van der Waals surface area contributed by atoms with Crippen LogP contribution in [-0.2, 0) is 0 Å². The monoisotopic (exact) mass is 442 g/mol. The number of hydrogen-bond donors (Lipinski definition) is 0. The topological polar surface area (TPSA) is 6.48 Å². The molecule has 0 amide bonds. The van der Waals surface area contributed by atoms with Crippen molar-refractivity contribution in [2.24, 2.45) is 0 Å². The molecule has 0 aliphatic rings. The summed E-state index contributed by atoms with van der Waals surface area (Å²) in [5, 5.41) is 0. The number of benzene rings is 2. The first-order valence-electron chi connectivity index (χ1n) is 8.65. The quantitative estimate of drug-likeness (QED) is 0.431. The molecule has 0 fully saturated rings. The lowest BCUT2D eigenvalue weighted by molar-refractivity contribution is 1.13. The molecule has 2 nitrogen and oxygen atoms in total. The van der Waals surface area contributed by atoms with Gasteiger partial charge < -0.3 is 9.80 Å². The van der Waals surface area contributed by atoms with Gasteiger partial charge >= 0.3 is 0 Å². The van der Waals surface area contributed by atoms with E-state index in [1.165, 1.54) is 5.69 Å². The zero-order valence-electron chi connectivity index (χ0n) is 17.5. The molecule has 0 N–H and O–H groups in total. The zero-order valence-corrected chi connectivity index (χ0v) is 20.1. The van der Waals surface area contributed by atoms with Crippen molar-refractivity contribution >= 4 is 35.4 Å². The Hall–Kier alpha value is -2.14. The molecule has 2 aromatic carbocycles. The molecule has 0 atom stereocenters. The minimum Gasteiger partial charge on any atom is -0.378 e. The van der Waals surface area contributed by atoms with Crippen LogP contribution in [-0.4, -0.2) is 36.3 Å². The first-order valence-corrected chi connectivity index (χ1v) is 12.9. The van der Waals surface area contributed by atoms with Crippen LogP contribution in [0.15, 0.2) is 53.0 Å². The van der Waals surface area contributed by atoms with Crippen LogP contribution < -0.4 is 9.80 Å². The smallest absolute Gasteiger partial charge is 0.128 e. The molecule has 0 aliphatic heterocycles. The molecule has 27 heavy (non-hydrogen) atoms. The van der Waals surface area contributed by atoms with Crippen molar-refractivity contribution in [2.45, 2.75) is 19.6 Å². The van der Waals surface area contributed by atoms with Crippen LogP contribution in [0.25, 0.3) is 0 Å². The van der Waals surface area contributed by atoms with Crippen LogP contribution in [0, 0.1) is 24.3 Å². The SMILES string of the molecule is C#C[Si](C)(C)C.C#Cc1cccc(N(C)C)c1.CN(C)c1cccc(Br)c1. The highest BCUT2D eigenvalue weighted by molar-refractivity contribution is 9.10. The molecule has 0 saturated heterocycles. The standard InChI is InChI=1S/C10H11N.C8H10BrN.C5H10Si/c1-4-9-6-5-7-10(8-9)11(2)3;1-10(2)8-5-3-4-7(9)6-8;1-5-6(2,3)4/h1,5-8H,2-3H3;3-6H,1-2H3;1H,2-4H3. The van der Waals surface area contributed by atoms with Crippen molar-refractivity contribution < 1.29 is 0 Å². The Morgan fingerprint density at radius 1 is 0.815 bits per heavy atom. The van der Waals surface area contributed by atoms with Gasteiger partial charge in [0.05, 0.1) is 0 Å². The highest BCUT2D eigenvalue weighted by atomic mass is 79.9. The summed E-state index contributed by atoms with van der Waals surface area (Å²) in [6.07, 6.45) is 10.4. The maximum atomic E-state index is 5.25. The number of hydrogen-bond acceptors (Lipinski definition) is 2. The van der Waals surface area contributed by atoms with Crippen molar-refractivity contribution in [3.8, 4) is 24.3 Å². The fraction of sp³-hybridized carbons (Fsp3) is 0.304. The lowest BCUT2D eigenvalue weighted by Gasteiger charge is -2.11. The summed E-state index contributed by atoms with van der Waals surface area (Å²) in [5.74, 6) is 2.60. The molecule has 0 unspecified atom stereocenters. The Balaban J connectivity index is 0.000000394. The van der Waals surface area contributed by atoms with E-state index in [0.29, 0.717) is 0 Å². The Morgan fingerprint density at radius 3 is 1.59 bits per heavy atom. The number of rotatable bonds is 2. The van der Waals surface area contributed by atoms with Crippen molar-refractivity contribution in [1.29, 1.82) is 0 Å². The van der Waals surface area contributed by atoms with Crippen molar-refractivity contribution in [3.05, 3.63) is 58.6 Å². The zero-order chi connectivity index (χ0) is 21.0. The van der Waals surface area contributed by atoms with Gasteiger partial charge in [-0.3, -0.25) is 0 Å². The molecule has 0 aliphatic carbocycles. The minimum atomic E-state index is -1.10. The molecule has 2 aromatic rings. The first-order chi connectivity index (χ1) is 12.5. The molecule has 0 spiro atoms. The third-order valence-electron chi connectivity index (χ3n) is 3.29. The number of terminal acetylenes is 2. The number of anilines is 2. The molecule has 0 aromatic heterocycles. The van der Waals surface area contributed by atoms with Crippen molar-refractivity contribution in [2.75, 3.05) is 38.0 Å². The Bertz CT molecular complexity index is 778. The normalized spacial score (nSPS) is 9.41. The highest BCUT2D eigenvalue weighted by Crippen LogP contribution is 2.17. The summed E-state index contributed by atoms with van der Waals surface area (Å²) in [6.45, 7) is 6.44. The van der Waals surface area contributed by atoms with E-state index in [-0.39, 0.29) is 0 Å². The van der Waals surface area contributed by atoms with Crippen LogP contribution in [0.2, 0.25) is 19.6 Å². The molecule has 0 heterocycles. The van der Waals surface area contributed by atoms with E-state index >= 15 is 0 Å². The second kappa shape index (κ2) is 12.3. The van der Waals surface area contributed by atoms with E-state index in [1.807, 2.05) is 69.5 Å². The van der Waals surface area contributed by atoms with E-state index in [0.717, 1.165) is 15.7 Å². The molecule has 0 bridgehead atoms. The summed E-state index contributed by atoms with van der Waals surface area (Å²) in [7, 11) is 6.95. The predicted molar refractivity (Wildman–Crippen MR) is 129 cm³/mol. The second-order valence-corrected chi connectivity index (χ2v) is 13.1. The largest absolute Gasteiger partial charge is 0.378 e. The van der Waals surface area contributed by atoms with Gasteiger partial charge in [-0.15, -0.1) is 18.4 Å². The van der Waals surface area contributed by atoms with Crippen LogP contribution in [0.1, 0.15) is 5.56 Å². The van der Waals surface area contributed by atoms with Crippen LogP contribution in [0.3, 0.4) is 0 Å².